The molecule has 0 saturated heterocycles. The summed E-state index contributed by atoms with van der Waals surface area (Å²) in [5, 5.41) is 0.327. The smallest absolute Gasteiger partial charge is 0.340 e. The van der Waals surface area contributed by atoms with Crippen LogP contribution in [-0.4, -0.2) is 18.0 Å². The summed E-state index contributed by atoms with van der Waals surface area (Å²) < 4.78 is 4.78. The van der Waals surface area contributed by atoms with Crippen LogP contribution in [0.1, 0.15) is 17.3 Å². The molecule has 0 heterocycles. The number of carbonyl (C=O) groups excluding carboxylic acids is 2. The van der Waals surface area contributed by atoms with Gasteiger partial charge in [-0.05, 0) is 19.1 Å². The molecule has 0 saturated carbocycles. The first kappa shape index (κ1) is 12.8. The molecule has 0 aliphatic carbocycles. The molecule has 86 valence electrons. The number of amides is 1. The van der Waals surface area contributed by atoms with Gasteiger partial charge in [0.2, 0.25) is 0 Å². The van der Waals surface area contributed by atoms with E-state index in [0.717, 1.165) is 0 Å². The van der Waals surface area contributed by atoms with Crippen molar-refractivity contribution in [2.45, 2.75) is 13.0 Å². The summed E-state index contributed by atoms with van der Waals surface area (Å²) in [7, 11) is 0. The molecule has 2 N–H and O–H groups in total. The maximum absolute atomic E-state index is 11.6. The molecule has 1 atom stereocenters. The van der Waals surface area contributed by atoms with Crippen LogP contribution in [0.15, 0.2) is 18.2 Å². The molecule has 1 aromatic carbocycles. The van der Waals surface area contributed by atoms with Gasteiger partial charge >= 0.3 is 5.97 Å². The first-order valence-corrected chi connectivity index (χ1v) is 5.13. The SMILES string of the molecule is CC(OC(=O)c1cccc(Cl)c1Cl)C(N)=O. The molecule has 0 radical (unpaired) electrons. The summed E-state index contributed by atoms with van der Waals surface area (Å²) in [6.45, 7) is 1.37. The van der Waals surface area contributed by atoms with Gasteiger partial charge in [0.1, 0.15) is 0 Å². The second-order valence-electron chi connectivity index (χ2n) is 3.05. The number of ether oxygens (including phenoxy) is 1. The fraction of sp³-hybridized carbons (Fsp3) is 0.200. The van der Waals surface area contributed by atoms with Crippen molar-refractivity contribution in [3.8, 4) is 0 Å². The van der Waals surface area contributed by atoms with Crippen molar-refractivity contribution in [1.82, 2.24) is 0 Å². The molecule has 0 aromatic heterocycles. The van der Waals surface area contributed by atoms with Crippen molar-refractivity contribution in [2.24, 2.45) is 5.73 Å². The number of esters is 1. The van der Waals surface area contributed by atoms with Gasteiger partial charge in [-0.3, -0.25) is 4.79 Å². The number of primary amides is 1. The van der Waals surface area contributed by atoms with Crippen LogP contribution in [0, 0.1) is 0 Å². The van der Waals surface area contributed by atoms with Crippen LogP contribution >= 0.6 is 23.2 Å². The summed E-state index contributed by atoms with van der Waals surface area (Å²) in [6, 6.07) is 4.54. The van der Waals surface area contributed by atoms with Crippen LogP contribution in [-0.2, 0) is 9.53 Å². The van der Waals surface area contributed by atoms with Crippen LogP contribution in [0.5, 0.6) is 0 Å². The minimum Gasteiger partial charge on any atom is -0.449 e. The van der Waals surface area contributed by atoms with E-state index >= 15 is 0 Å². The van der Waals surface area contributed by atoms with Crippen molar-refractivity contribution in [3.05, 3.63) is 33.8 Å². The van der Waals surface area contributed by atoms with Gasteiger partial charge in [0.15, 0.2) is 6.10 Å². The zero-order valence-corrected chi connectivity index (χ0v) is 9.88. The molecular formula is C10H9Cl2NO3. The topological polar surface area (TPSA) is 69.4 Å². The minimum atomic E-state index is -1.01. The van der Waals surface area contributed by atoms with Gasteiger partial charge in [-0.25, -0.2) is 4.79 Å². The first-order valence-electron chi connectivity index (χ1n) is 4.37. The highest BCUT2D eigenvalue weighted by Gasteiger charge is 2.19. The molecule has 0 spiro atoms. The Labute approximate surface area is 102 Å². The van der Waals surface area contributed by atoms with Crippen molar-refractivity contribution in [1.29, 1.82) is 0 Å². The van der Waals surface area contributed by atoms with Gasteiger partial charge in [-0.2, -0.15) is 0 Å². The molecule has 1 amide bonds. The van der Waals surface area contributed by atoms with E-state index in [1.807, 2.05) is 0 Å². The van der Waals surface area contributed by atoms with Crippen molar-refractivity contribution in [2.75, 3.05) is 0 Å². The second-order valence-corrected chi connectivity index (χ2v) is 3.84. The molecule has 16 heavy (non-hydrogen) atoms. The van der Waals surface area contributed by atoms with E-state index in [2.05, 4.69) is 0 Å². The van der Waals surface area contributed by atoms with Gasteiger partial charge in [-0.1, -0.05) is 29.3 Å². The minimum absolute atomic E-state index is 0.0887. The summed E-state index contributed by atoms with van der Waals surface area (Å²) in [5.41, 5.74) is 5.05. The quantitative estimate of drug-likeness (QED) is 0.847. The van der Waals surface area contributed by atoms with Crippen molar-refractivity contribution in [3.63, 3.8) is 0 Å². The van der Waals surface area contributed by atoms with Crippen LogP contribution in [0.2, 0.25) is 10.0 Å². The second kappa shape index (κ2) is 5.18. The Kier molecular flexibility index (Phi) is 4.15. The average Bonchev–Trinajstić information content (AvgIpc) is 2.21. The van der Waals surface area contributed by atoms with Gasteiger partial charge < -0.3 is 10.5 Å². The predicted molar refractivity (Wildman–Crippen MR) is 60.5 cm³/mol. The van der Waals surface area contributed by atoms with Gasteiger partial charge in [-0.15, -0.1) is 0 Å². The van der Waals surface area contributed by atoms with E-state index in [1.165, 1.54) is 19.1 Å². The van der Waals surface area contributed by atoms with Crippen LogP contribution in [0.3, 0.4) is 0 Å². The zero-order chi connectivity index (χ0) is 12.3. The number of benzene rings is 1. The highest BCUT2D eigenvalue weighted by molar-refractivity contribution is 6.43. The molecule has 0 aliphatic rings. The molecule has 0 aliphatic heterocycles. The Hall–Kier alpha value is -1.26. The zero-order valence-electron chi connectivity index (χ0n) is 8.37. The van der Waals surface area contributed by atoms with E-state index in [0.29, 0.717) is 0 Å². The Morgan fingerprint density at radius 3 is 2.56 bits per heavy atom. The molecular weight excluding hydrogens is 253 g/mol. The number of hydrogen-bond donors (Lipinski definition) is 1. The van der Waals surface area contributed by atoms with Crippen molar-refractivity contribution < 1.29 is 14.3 Å². The van der Waals surface area contributed by atoms with Gasteiger partial charge in [0.05, 0.1) is 15.6 Å². The number of halogens is 2. The Bertz CT molecular complexity index is 434. The van der Waals surface area contributed by atoms with Crippen molar-refractivity contribution >= 4 is 35.1 Å². The van der Waals surface area contributed by atoms with Gasteiger partial charge in [0, 0.05) is 0 Å². The number of carbonyl (C=O) groups is 2. The Balaban J connectivity index is 2.89. The van der Waals surface area contributed by atoms with Gasteiger partial charge in [0.25, 0.3) is 5.91 Å². The normalized spacial score (nSPS) is 11.9. The number of nitrogens with two attached hydrogens (primary N) is 1. The third-order valence-electron chi connectivity index (χ3n) is 1.86. The third kappa shape index (κ3) is 2.87. The highest BCUT2D eigenvalue weighted by atomic mass is 35.5. The summed E-state index contributed by atoms with van der Waals surface area (Å²) >= 11 is 11.5. The van der Waals surface area contributed by atoms with E-state index < -0.39 is 18.0 Å². The number of rotatable bonds is 3. The first-order chi connectivity index (χ1) is 7.43. The molecule has 0 bridgehead atoms. The molecule has 1 rings (SSSR count). The van der Waals surface area contributed by atoms with Crippen LogP contribution < -0.4 is 5.73 Å². The van der Waals surface area contributed by atoms with Crippen LogP contribution in [0.25, 0.3) is 0 Å². The van der Waals surface area contributed by atoms with Crippen LogP contribution in [0.4, 0.5) is 0 Å². The molecule has 0 fully saturated rings. The highest BCUT2D eigenvalue weighted by Crippen LogP contribution is 2.26. The standard InChI is InChI=1S/C10H9Cl2NO3/c1-5(9(13)14)16-10(15)6-3-2-4-7(11)8(6)12/h2-5H,1H3,(H2,13,14). The largest absolute Gasteiger partial charge is 0.449 e. The lowest BCUT2D eigenvalue weighted by Crippen LogP contribution is -2.30. The Morgan fingerprint density at radius 1 is 1.38 bits per heavy atom. The number of hydrogen-bond acceptors (Lipinski definition) is 3. The summed E-state index contributed by atoms with van der Waals surface area (Å²) in [6.07, 6.45) is -1.01. The maximum atomic E-state index is 11.6. The molecule has 4 nitrogen and oxygen atoms in total. The lowest BCUT2D eigenvalue weighted by molar-refractivity contribution is -0.125. The lowest BCUT2D eigenvalue weighted by atomic mass is 10.2. The van der Waals surface area contributed by atoms with E-state index in [9.17, 15) is 9.59 Å². The predicted octanol–water partition coefficient (Wildman–Crippen LogP) is 2.02. The maximum Gasteiger partial charge on any atom is 0.340 e. The fourth-order valence-electron chi connectivity index (χ4n) is 0.944. The monoisotopic (exact) mass is 261 g/mol. The fourth-order valence-corrected chi connectivity index (χ4v) is 1.32. The average molecular weight is 262 g/mol. The van der Waals surface area contributed by atoms with E-state index in [4.69, 9.17) is 33.7 Å². The molecule has 1 aromatic rings. The molecule has 6 heteroatoms. The summed E-state index contributed by atoms with van der Waals surface area (Å²) in [4.78, 5) is 22.3. The van der Waals surface area contributed by atoms with E-state index in [-0.39, 0.29) is 15.6 Å². The molecule has 1 unspecified atom stereocenters. The Morgan fingerprint density at radius 2 is 2.00 bits per heavy atom. The lowest BCUT2D eigenvalue weighted by Gasteiger charge is -2.10. The summed E-state index contributed by atoms with van der Waals surface area (Å²) in [5.74, 6) is -1.47. The van der Waals surface area contributed by atoms with E-state index in [1.54, 1.807) is 6.07 Å². The third-order valence-corrected chi connectivity index (χ3v) is 2.67.